The molecule has 1 amide bonds. The Balaban J connectivity index is 0.000000922. The molecule has 2 saturated heterocycles. The standard InChI is InChI=1S/C44H69NO12.C6H12O6/c1-10-13-31-19-25(2)18-26(3)20-37(54-8)40-38(55-9)22-28(5)44(52,57-40)41(49)42(50)45-17-12-11-14-32(45)43(51)56-39(29(6)34(47)24-35(31)48)27(4)21-30-15-16-33(46)36(23-30)53-7;7-1-3(9)5(11)6(12)4(10)2-8/h10,19,21,26,28-34,36-40,46-47,52H,1,11-18,20,22-24H2,2-9H3;1,3-6,8-12H,2H2/b25-19+,27-21+;/t26-,28+,29+,30-,31+,32-,33+,34-,36+,37-,38-,39+,40+,44+;3-,4+,5+,6+/m00/s1. The number of fused-ring (bicyclic) bond motifs is 3. The number of piperidine rings is 1. The Morgan fingerprint density at radius 3 is 2.13 bits per heavy atom. The Morgan fingerprint density at radius 2 is 1.54 bits per heavy atom. The fraction of sp³-hybridized carbons (Fsp3) is 0.780. The molecule has 0 aromatic heterocycles. The Labute approximate surface area is 406 Å². The van der Waals surface area contributed by atoms with Gasteiger partial charge in [-0.2, -0.15) is 0 Å². The summed E-state index contributed by atoms with van der Waals surface area (Å²) >= 11 is 0. The molecule has 4 rings (SSSR count). The number of aliphatic hydroxyl groups excluding tert-OH is 7. The molecule has 1 aliphatic carbocycles. The summed E-state index contributed by atoms with van der Waals surface area (Å²) in [5.41, 5.74) is 1.61. The van der Waals surface area contributed by atoms with Crippen molar-refractivity contribution in [2.75, 3.05) is 34.5 Å². The number of ketones is 2. The van der Waals surface area contributed by atoms with Gasteiger partial charge in [-0.05, 0) is 95.5 Å². The molecule has 0 unspecified atom stereocenters. The number of aliphatic hydroxyl groups is 8. The van der Waals surface area contributed by atoms with E-state index in [-0.39, 0.29) is 55.8 Å². The van der Waals surface area contributed by atoms with Crippen molar-refractivity contribution in [3.63, 3.8) is 0 Å². The number of allylic oxidation sites excluding steroid dienone is 4. The van der Waals surface area contributed by atoms with E-state index in [1.54, 1.807) is 27.0 Å². The molecule has 18 atom stereocenters. The molecule has 2 bridgehead atoms. The monoisotopic (exact) mass is 984 g/mol. The summed E-state index contributed by atoms with van der Waals surface area (Å²) in [7, 11) is 4.61. The van der Waals surface area contributed by atoms with E-state index >= 15 is 0 Å². The molecule has 3 fully saturated rings. The lowest BCUT2D eigenvalue weighted by molar-refractivity contribution is -0.302. The first kappa shape index (κ1) is 60.0. The van der Waals surface area contributed by atoms with Crippen LogP contribution in [0.5, 0.6) is 0 Å². The van der Waals surface area contributed by atoms with Crippen LogP contribution in [0.25, 0.3) is 0 Å². The van der Waals surface area contributed by atoms with Crippen molar-refractivity contribution in [2.24, 2.45) is 29.6 Å². The second-order valence-electron chi connectivity index (χ2n) is 19.6. The SMILES string of the molecule is C=CC[C@@H]1/C=C(\C)C[C@H](C)C[C@H](OC)[C@H]2O[C@@](O)(C(=O)C(=O)N3CCCC[C@H]3C(=O)O[C@H](/C(C)=C/[C@@H]3CC[C@@H](O)[C@H](OC)C3)[C@H](C)[C@@H](O)CC1=O)[C@H](C)C[C@@H]2OC.O=C[C@H](O)[C@@H](O)[C@H](O)[C@H](O)CO. The van der Waals surface area contributed by atoms with E-state index < -0.39 is 115 Å². The van der Waals surface area contributed by atoms with Gasteiger partial charge in [0.05, 0.1) is 37.1 Å². The molecular weight excluding hydrogens is 903 g/mol. The van der Waals surface area contributed by atoms with E-state index in [2.05, 4.69) is 6.58 Å². The molecule has 4 aliphatic rings. The van der Waals surface area contributed by atoms with Gasteiger partial charge in [-0.1, -0.05) is 44.6 Å². The highest BCUT2D eigenvalue weighted by Gasteiger charge is 2.56. The third-order valence-corrected chi connectivity index (χ3v) is 14.3. The molecule has 0 aromatic carbocycles. The Bertz CT molecular complexity index is 1760. The lowest BCUT2D eigenvalue weighted by Gasteiger charge is -2.47. The highest BCUT2D eigenvalue weighted by atomic mass is 16.7. The number of ether oxygens (including phenoxy) is 5. The van der Waals surface area contributed by atoms with Gasteiger partial charge < -0.3 is 74.2 Å². The maximum atomic E-state index is 14.3. The summed E-state index contributed by atoms with van der Waals surface area (Å²) < 4.78 is 29.7. The van der Waals surface area contributed by atoms with Crippen LogP contribution in [0.4, 0.5) is 0 Å². The van der Waals surface area contributed by atoms with E-state index in [1.807, 2.05) is 32.9 Å². The number of Topliss-reactive ketones (excluding diaryl/α,β-unsaturated/α-hetero) is 2. The zero-order valence-electron chi connectivity index (χ0n) is 41.6. The zero-order valence-corrected chi connectivity index (χ0v) is 41.6. The van der Waals surface area contributed by atoms with E-state index in [4.69, 9.17) is 49.2 Å². The predicted octanol–water partition coefficient (Wildman–Crippen LogP) is 1.26. The maximum Gasteiger partial charge on any atom is 0.329 e. The van der Waals surface area contributed by atoms with Crippen LogP contribution in [-0.2, 0) is 47.7 Å². The fourth-order valence-corrected chi connectivity index (χ4v) is 10.0. The minimum absolute atomic E-state index is 0.00988. The molecule has 0 radical (unpaired) electrons. The summed E-state index contributed by atoms with van der Waals surface area (Å²) in [5.74, 6) is -7.76. The molecule has 0 spiro atoms. The maximum absolute atomic E-state index is 14.3. The summed E-state index contributed by atoms with van der Waals surface area (Å²) in [6, 6.07) is -1.14. The second-order valence-corrected chi connectivity index (χ2v) is 19.6. The lowest BCUT2D eigenvalue weighted by atomic mass is 9.81. The van der Waals surface area contributed by atoms with Crippen LogP contribution in [-0.4, -0.2) is 189 Å². The first-order valence-electron chi connectivity index (χ1n) is 24.2. The number of amides is 1. The number of carbonyl (C=O) groups excluding carboxylic acids is 5. The third kappa shape index (κ3) is 15.8. The quantitative estimate of drug-likeness (QED) is 0.0591. The fourth-order valence-electron chi connectivity index (χ4n) is 10.0. The summed E-state index contributed by atoms with van der Waals surface area (Å²) in [5, 5.41) is 77.7. The predicted molar refractivity (Wildman–Crippen MR) is 250 cm³/mol. The first-order chi connectivity index (χ1) is 32.5. The van der Waals surface area contributed by atoms with Crippen molar-refractivity contribution < 1.29 is 88.5 Å². The molecule has 8 N–H and O–H groups in total. The normalized spacial score (nSPS) is 37.5. The number of hydrogen-bond acceptors (Lipinski definition) is 18. The molecule has 0 aromatic rings. The van der Waals surface area contributed by atoms with Gasteiger partial charge in [0.15, 0.2) is 6.29 Å². The van der Waals surface area contributed by atoms with Gasteiger partial charge >= 0.3 is 5.97 Å². The number of hydrogen-bond donors (Lipinski definition) is 8. The smallest absolute Gasteiger partial charge is 0.329 e. The number of methoxy groups -OCH3 is 3. The largest absolute Gasteiger partial charge is 0.456 e. The van der Waals surface area contributed by atoms with Gasteiger partial charge in [0.25, 0.3) is 11.7 Å². The van der Waals surface area contributed by atoms with Gasteiger partial charge in [-0.25, -0.2) is 4.79 Å². The third-order valence-electron chi connectivity index (χ3n) is 14.3. The number of rotatable bonds is 12. The highest BCUT2D eigenvalue weighted by molar-refractivity contribution is 6.39. The number of aldehydes is 1. The summed E-state index contributed by atoms with van der Waals surface area (Å²) in [4.78, 5) is 67.7. The number of cyclic esters (lactones) is 1. The van der Waals surface area contributed by atoms with E-state index in [9.17, 15) is 39.3 Å². The van der Waals surface area contributed by atoms with E-state index in [0.717, 1.165) is 5.57 Å². The van der Waals surface area contributed by atoms with Crippen LogP contribution in [0, 0.1) is 29.6 Å². The van der Waals surface area contributed by atoms with E-state index in [1.165, 1.54) is 19.1 Å². The van der Waals surface area contributed by atoms with Gasteiger partial charge in [0.1, 0.15) is 48.4 Å². The Morgan fingerprint density at radius 1 is 0.899 bits per heavy atom. The number of nitrogens with zero attached hydrogens (tertiary/aromatic N) is 1. The second kappa shape index (κ2) is 28.1. The molecule has 3 aliphatic heterocycles. The van der Waals surface area contributed by atoms with Crippen molar-refractivity contribution in [3.8, 4) is 0 Å². The Kier molecular flexibility index (Phi) is 24.4. The minimum Gasteiger partial charge on any atom is -0.456 e. The Hall–Kier alpha value is -3.31. The van der Waals surface area contributed by atoms with Crippen LogP contribution in [0.1, 0.15) is 105 Å². The lowest BCUT2D eigenvalue weighted by Crippen LogP contribution is -2.64. The molecule has 69 heavy (non-hydrogen) atoms. The van der Waals surface area contributed by atoms with Crippen LogP contribution in [0.3, 0.4) is 0 Å². The van der Waals surface area contributed by atoms with Gasteiger partial charge in [-0.15, -0.1) is 6.58 Å². The molecule has 19 nitrogen and oxygen atoms in total. The van der Waals surface area contributed by atoms with Gasteiger partial charge in [-0.3, -0.25) is 14.4 Å². The van der Waals surface area contributed by atoms with E-state index in [0.29, 0.717) is 56.9 Å². The topological polar surface area (TPSA) is 297 Å². The van der Waals surface area contributed by atoms with Crippen molar-refractivity contribution in [1.82, 2.24) is 4.90 Å². The van der Waals surface area contributed by atoms with Crippen LogP contribution in [0.15, 0.2) is 36.0 Å². The van der Waals surface area contributed by atoms with Crippen LogP contribution < -0.4 is 0 Å². The average molecular weight is 984 g/mol. The molecule has 394 valence electrons. The zero-order chi connectivity index (χ0) is 51.9. The summed E-state index contributed by atoms with van der Waals surface area (Å²) in [6.45, 7) is 12.4. The van der Waals surface area contributed by atoms with Crippen molar-refractivity contribution in [3.05, 3.63) is 36.0 Å². The minimum atomic E-state index is -2.51. The van der Waals surface area contributed by atoms with Crippen molar-refractivity contribution >= 4 is 29.7 Å². The number of carbonyl (C=O) groups is 5. The van der Waals surface area contributed by atoms with Crippen molar-refractivity contribution in [1.29, 1.82) is 0 Å². The first-order valence-corrected chi connectivity index (χ1v) is 24.2. The number of esters is 1. The van der Waals surface area contributed by atoms with Gasteiger partial charge in [0.2, 0.25) is 5.79 Å². The average Bonchev–Trinajstić information content (AvgIpc) is 3.33. The molecule has 19 heteroatoms. The molecular formula is C50H81NO18. The van der Waals surface area contributed by atoms with Crippen LogP contribution in [0.2, 0.25) is 0 Å². The molecule has 3 heterocycles. The molecule has 1 saturated carbocycles. The summed E-state index contributed by atoms with van der Waals surface area (Å²) in [6.07, 6.45) is -1.91. The van der Waals surface area contributed by atoms with Crippen molar-refractivity contribution in [2.45, 2.75) is 184 Å². The highest BCUT2D eigenvalue weighted by Crippen LogP contribution is 2.39. The van der Waals surface area contributed by atoms with Crippen LogP contribution >= 0.6 is 0 Å². The van der Waals surface area contributed by atoms with Gasteiger partial charge in [0, 0.05) is 52.0 Å².